The van der Waals surface area contributed by atoms with Gasteiger partial charge in [0.25, 0.3) is 0 Å². The second-order valence-electron chi connectivity index (χ2n) is 3.81. The molecule has 0 bridgehead atoms. The highest BCUT2D eigenvalue weighted by Crippen LogP contribution is 2.15. The molecule has 0 radical (unpaired) electrons. The molecule has 0 aromatic carbocycles. The van der Waals surface area contributed by atoms with E-state index in [2.05, 4.69) is 4.90 Å². The largest absolute Gasteiger partial charge is 0.344 e. The Morgan fingerprint density at radius 2 is 2.38 bits per heavy atom. The Morgan fingerprint density at radius 3 is 2.77 bits per heavy atom. The number of carbonyl (C=O) groups excluding carboxylic acids is 1. The Bertz CT molecular complexity index is 195. The van der Waals surface area contributed by atoms with Gasteiger partial charge in [0, 0.05) is 26.2 Å². The van der Waals surface area contributed by atoms with Crippen LogP contribution in [0.25, 0.3) is 0 Å². The molecule has 1 aliphatic heterocycles. The number of amides is 1. The Balaban J connectivity index is 2.57. The zero-order valence-corrected chi connectivity index (χ0v) is 8.66. The van der Waals surface area contributed by atoms with Crippen LogP contribution in [-0.2, 0) is 4.79 Å². The summed E-state index contributed by atoms with van der Waals surface area (Å²) >= 11 is 0. The van der Waals surface area contributed by atoms with Crippen molar-refractivity contribution in [3.63, 3.8) is 0 Å². The summed E-state index contributed by atoms with van der Waals surface area (Å²) in [6.07, 6.45) is 0.927. The molecular formula is C9H19N3O. The Kier molecular flexibility index (Phi) is 3.27. The van der Waals surface area contributed by atoms with Gasteiger partial charge in [-0.2, -0.15) is 0 Å². The molecule has 4 nitrogen and oxygen atoms in total. The van der Waals surface area contributed by atoms with Gasteiger partial charge in [-0.15, -0.1) is 0 Å². The summed E-state index contributed by atoms with van der Waals surface area (Å²) in [6.45, 7) is 3.51. The zero-order valence-electron chi connectivity index (χ0n) is 8.66. The van der Waals surface area contributed by atoms with E-state index in [9.17, 15) is 4.79 Å². The van der Waals surface area contributed by atoms with E-state index in [1.165, 1.54) is 0 Å². The third-order valence-electron chi connectivity index (χ3n) is 2.93. The molecule has 0 spiro atoms. The fraction of sp³-hybridized carbons (Fsp3) is 0.889. The average Bonchev–Trinajstić information content (AvgIpc) is 2.45. The van der Waals surface area contributed by atoms with Gasteiger partial charge in [0.2, 0.25) is 5.91 Å². The number of rotatable bonds is 3. The number of likely N-dealkylation sites (N-methyl/N-ethyl adjacent to an activating group) is 2. The summed E-state index contributed by atoms with van der Waals surface area (Å²) in [5.41, 5.74) is 5.55. The van der Waals surface area contributed by atoms with Crippen LogP contribution in [0.15, 0.2) is 0 Å². The smallest absolute Gasteiger partial charge is 0.239 e. The first-order valence-electron chi connectivity index (χ1n) is 4.75. The standard InChI is InChI=1S/C9H19N3O/c1-7(6-10)12(3)8-4-5-11(2)9(8)13/h7-8H,4-6,10H2,1-3H3. The van der Waals surface area contributed by atoms with Crippen LogP contribution >= 0.6 is 0 Å². The van der Waals surface area contributed by atoms with Gasteiger partial charge in [-0.1, -0.05) is 0 Å². The topological polar surface area (TPSA) is 49.6 Å². The van der Waals surface area contributed by atoms with E-state index >= 15 is 0 Å². The molecule has 1 fully saturated rings. The maximum absolute atomic E-state index is 11.6. The summed E-state index contributed by atoms with van der Waals surface area (Å²) in [6, 6.07) is 0.323. The lowest BCUT2D eigenvalue weighted by Crippen LogP contribution is -2.46. The highest BCUT2D eigenvalue weighted by atomic mass is 16.2. The van der Waals surface area contributed by atoms with Crippen molar-refractivity contribution in [2.24, 2.45) is 5.73 Å². The number of carbonyl (C=O) groups is 1. The lowest BCUT2D eigenvalue weighted by molar-refractivity contribution is -0.131. The van der Waals surface area contributed by atoms with Crippen molar-refractivity contribution < 1.29 is 4.79 Å². The molecule has 13 heavy (non-hydrogen) atoms. The lowest BCUT2D eigenvalue weighted by atomic mass is 10.2. The zero-order chi connectivity index (χ0) is 10.0. The predicted octanol–water partition coefficient (Wildman–Crippen LogP) is -0.504. The van der Waals surface area contributed by atoms with Gasteiger partial charge in [-0.05, 0) is 20.4 Å². The molecular weight excluding hydrogens is 166 g/mol. The van der Waals surface area contributed by atoms with E-state index in [1.54, 1.807) is 4.90 Å². The fourth-order valence-corrected chi connectivity index (χ4v) is 1.66. The SMILES string of the molecule is CC(CN)N(C)C1CCN(C)C1=O. The highest BCUT2D eigenvalue weighted by Gasteiger charge is 2.33. The van der Waals surface area contributed by atoms with Crippen molar-refractivity contribution in [2.75, 3.05) is 27.2 Å². The molecule has 1 saturated heterocycles. The molecule has 2 unspecified atom stereocenters. The van der Waals surface area contributed by atoms with Crippen molar-refractivity contribution in [3.8, 4) is 0 Å². The maximum Gasteiger partial charge on any atom is 0.239 e. The van der Waals surface area contributed by atoms with Crippen LogP contribution < -0.4 is 5.73 Å². The summed E-state index contributed by atoms with van der Waals surface area (Å²) in [7, 11) is 3.82. The second kappa shape index (κ2) is 4.07. The lowest BCUT2D eigenvalue weighted by Gasteiger charge is -2.28. The molecule has 76 valence electrons. The van der Waals surface area contributed by atoms with E-state index < -0.39 is 0 Å². The first-order valence-corrected chi connectivity index (χ1v) is 4.75. The van der Waals surface area contributed by atoms with Gasteiger partial charge < -0.3 is 10.6 Å². The molecule has 1 amide bonds. The molecule has 2 atom stereocenters. The average molecular weight is 185 g/mol. The monoisotopic (exact) mass is 185 g/mol. The van der Waals surface area contributed by atoms with Crippen LogP contribution in [0.5, 0.6) is 0 Å². The van der Waals surface area contributed by atoms with Crippen LogP contribution in [0, 0.1) is 0 Å². The molecule has 0 aliphatic carbocycles. The van der Waals surface area contributed by atoms with Crippen molar-refractivity contribution in [3.05, 3.63) is 0 Å². The number of hydrogen-bond acceptors (Lipinski definition) is 3. The fourth-order valence-electron chi connectivity index (χ4n) is 1.66. The van der Waals surface area contributed by atoms with Gasteiger partial charge >= 0.3 is 0 Å². The molecule has 4 heteroatoms. The quantitative estimate of drug-likeness (QED) is 0.644. The number of nitrogens with zero attached hydrogens (tertiary/aromatic N) is 2. The first-order chi connectivity index (χ1) is 6.07. The normalized spacial score (nSPS) is 25.8. The van der Waals surface area contributed by atoms with E-state index in [4.69, 9.17) is 5.73 Å². The van der Waals surface area contributed by atoms with Gasteiger partial charge in [-0.3, -0.25) is 9.69 Å². The minimum Gasteiger partial charge on any atom is -0.344 e. The van der Waals surface area contributed by atoms with Crippen LogP contribution in [0.3, 0.4) is 0 Å². The molecule has 1 rings (SSSR count). The molecule has 2 N–H and O–H groups in total. The molecule has 0 saturated carbocycles. The number of hydrogen-bond donors (Lipinski definition) is 1. The van der Waals surface area contributed by atoms with Crippen LogP contribution in [-0.4, -0.2) is 55.0 Å². The molecule has 1 heterocycles. The van der Waals surface area contributed by atoms with Gasteiger partial charge in [0.05, 0.1) is 6.04 Å². The molecule has 1 aliphatic rings. The van der Waals surface area contributed by atoms with Gasteiger partial charge in [-0.25, -0.2) is 0 Å². The summed E-state index contributed by atoms with van der Waals surface area (Å²) in [4.78, 5) is 15.5. The van der Waals surface area contributed by atoms with E-state index in [1.807, 2.05) is 21.0 Å². The Hall–Kier alpha value is -0.610. The van der Waals surface area contributed by atoms with Crippen molar-refractivity contribution in [1.29, 1.82) is 0 Å². The summed E-state index contributed by atoms with van der Waals surface area (Å²) in [5, 5.41) is 0. The third-order valence-corrected chi connectivity index (χ3v) is 2.93. The predicted molar refractivity (Wildman–Crippen MR) is 52.3 cm³/mol. The Labute approximate surface area is 79.7 Å². The van der Waals surface area contributed by atoms with Crippen LogP contribution in [0.2, 0.25) is 0 Å². The summed E-state index contributed by atoms with van der Waals surface area (Å²) in [5.74, 6) is 0.225. The molecule has 0 aromatic rings. The summed E-state index contributed by atoms with van der Waals surface area (Å²) < 4.78 is 0. The second-order valence-corrected chi connectivity index (χ2v) is 3.81. The van der Waals surface area contributed by atoms with Gasteiger partial charge in [0.1, 0.15) is 0 Å². The highest BCUT2D eigenvalue weighted by molar-refractivity contribution is 5.83. The van der Waals surface area contributed by atoms with Crippen molar-refractivity contribution in [2.45, 2.75) is 25.4 Å². The molecule has 0 aromatic heterocycles. The van der Waals surface area contributed by atoms with Crippen LogP contribution in [0.1, 0.15) is 13.3 Å². The van der Waals surface area contributed by atoms with E-state index in [0.29, 0.717) is 6.54 Å². The van der Waals surface area contributed by atoms with Gasteiger partial charge in [0.15, 0.2) is 0 Å². The number of nitrogens with two attached hydrogens (primary N) is 1. The van der Waals surface area contributed by atoms with Crippen molar-refractivity contribution in [1.82, 2.24) is 9.80 Å². The third kappa shape index (κ3) is 2.00. The number of likely N-dealkylation sites (tertiary alicyclic amines) is 1. The Morgan fingerprint density at radius 1 is 1.77 bits per heavy atom. The van der Waals surface area contributed by atoms with Crippen LogP contribution in [0.4, 0.5) is 0 Å². The first kappa shape index (κ1) is 10.5. The maximum atomic E-state index is 11.6. The van der Waals surface area contributed by atoms with E-state index in [-0.39, 0.29) is 18.0 Å². The minimum atomic E-state index is 0.0450. The minimum absolute atomic E-state index is 0.0450. The van der Waals surface area contributed by atoms with E-state index in [0.717, 1.165) is 13.0 Å². The van der Waals surface area contributed by atoms with Crippen molar-refractivity contribution >= 4 is 5.91 Å².